The summed E-state index contributed by atoms with van der Waals surface area (Å²) in [6.45, 7) is 2.42. The summed E-state index contributed by atoms with van der Waals surface area (Å²) in [4.78, 5) is 50.8. The lowest BCUT2D eigenvalue weighted by atomic mass is 9.91. The van der Waals surface area contributed by atoms with Crippen LogP contribution in [0.3, 0.4) is 0 Å². The van der Waals surface area contributed by atoms with E-state index >= 15 is 0 Å². The number of rotatable bonds is 9. The van der Waals surface area contributed by atoms with E-state index < -0.39 is 23.9 Å². The third-order valence-electron chi connectivity index (χ3n) is 6.82. The summed E-state index contributed by atoms with van der Waals surface area (Å²) in [5.74, 6) is -1.00. The fraction of sp³-hybridized carbons (Fsp3) is 0.682. The van der Waals surface area contributed by atoms with Gasteiger partial charge in [0.15, 0.2) is 0 Å². The molecule has 2 fully saturated rings. The number of amides is 5. The van der Waals surface area contributed by atoms with Gasteiger partial charge in [-0.05, 0) is 32.1 Å². The lowest BCUT2D eigenvalue weighted by molar-refractivity contribution is -0.158. The van der Waals surface area contributed by atoms with E-state index in [2.05, 4.69) is 15.7 Å². The van der Waals surface area contributed by atoms with Crippen LogP contribution in [0.4, 0.5) is 4.79 Å². The first-order chi connectivity index (χ1) is 15.8. The van der Waals surface area contributed by atoms with Gasteiger partial charge in [-0.15, -0.1) is 0 Å². The number of carbonyl (C=O) groups excluding carboxylic acids is 4. The summed E-state index contributed by atoms with van der Waals surface area (Å²) in [5, 5.41) is 19.3. The van der Waals surface area contributed by atoms with Gasteiger partial charge < -0.3 is 10.2 Å². The van der Waals surface area contributed by atoms with Crippen LogP contribution in [0.5, 0.6) is 0 Å². The number of likely N-dealkylation sites (tertiary alicyclic amines) is 1. The predicted octanol–water partition coefficient (Wildman–Crippen LogP) is 1.09. The second-order valence-electron chi connectivity index (χ2n) is 9.05. The van der Waals surface area contributed by atoms with E-state index in [4.69, 9.17) is 0 Å². The zero-order valence-electron chi connectivity index (χ0n) is 19.3. The molecule has 2 atom stereocenters. The van der Waals surface area contributed by atoms with Gasteiger partial charge in [0.1, 0.15) is 6.04 Å². The van der Waals surface area contributed by atoms with Crippen LogP contribution >= 0.6 is 0 Å². The van der Waals surface area contributed by atoms with Crippen molar-refractivity contribution >= 4 is 24.3 Å². The summed E-state index contributed by atoms with van der Waals surface area (Å²) in [7, 11) is 1.80. The smallest absolute Gasteiger partial charge is 0.321 e. The molecule has 1 saturated heterocycles. The van der Waals surface area contributed by atoms with Crippen molar-refractivity contribution in [2.75, 3.05) is 13.1 Å². The molecule has 0 bridgehead atoms. The lowest BCUT2D eigenvalue weighted by Gasteiger charge is -2.30. The maximum Gasteiger partial charge on any atom is 0.321 e. The Hall–Kier alpha value is -2.95. The van der Waals surface area contributed by atoms with Crippen LogP contribution in [0.2, 0.25) is 0 Å². The molecule has 0 radical (unpaired) electrons. The quantitative estimate of drug-likeness (QED) is 0.285. The lowest BCUT2D eigenvalue weighted by Crippen LogP contribution is -2.52. The minimum Gasteiger partial charge on any atom is -0.334 e. The molecule has 33 heavy (non-hydrogen) atoms. The zero-order chi connectivity index (χ0) is 24.0. The second kappa shape index (κ2) is 11.3. The highest BCUT2D eigenvalue weighted by Crippen LogP contribution is 2.32. The van der Waals surface area contributed by atoms with E-state index in [1.165, 1.54) is 4.90 Å². The van der Waals surface area contributed by atoms with Gasteiger partial charge in [-0.25, -0.2) is 9.86 Å². The third kappa shape index (κ3) is 6.31. The van der Waals surface area contributed by atoms with Gasteiger partial charge >= 0.3 is 6.03 Å². The van der Waals surface area contributed by atoms with E-state index in [1.807, 2.05) is 6.92 Å². The summed E-state index contributed by atoms with van der Waals surface area (Å²) < 4.78 is 1.70. The topological polar surface area (TPSA) is 137 Å². The average molecular weight is 463 g/mol. The number of aryl methyl sites for hydroxylation is 1. The summed E-state index contributed by atoms with van der Waals surface area (Å²) in [6.07, 6.45) is 7.90. The van der Waals surface area contributed by atoms with Crippen molar-refractivity contribution in [1.29, 1.82) is 0 Å². The molecule has 0 spiro atoms. The molecule has 11 heteroatoms. The Morgan fingerprint density at radius 1 is 1.27 bits per heavy atom. The molecular weight excluding hydrogens is 428 g/mol. The van der Waals surface area contributed by atoms with Crippen LogP contribution in [-0.2, 0) is 28.0 Å². The number of nitrogens with one attached hydrogen (secondary N) is 2. The van der Waals surface area contributed by atoms with Crippen LogP contribution in [-0.4, -0.2) is 68.3 Å². The maximum atomic E-state index is 13.3. The van der Waals surface area contributed by atoms with Gasteiger partial charge in [-0.3, -0.25) is 29.6 Å². The van der Waals surface area contributed by atoms with Crippen LogP contribution < -0.4 is 10.6 Å². The SMILES string of the molecule is Cc1c(CNC(=O)NC(=O)[C@@H]2CCCN2C(=O)[C@H](CC2CCCC2)CN(O)C=O)cnn1C. The Morgan fingerprint density at radius 3 is 2.64 bits per heavy atom. The van der Waals surface area contributed by atoms with Crippen molar-refractivity contribution in [2.45, 2.75) is 64.5 Å². The molecule has 5 amide bonds. The molecule has 3 N–H and O–H groups in total. The summed E-state index contributed by atoms with van der Waals surface area (Å²) >= 11 is 0. The van der Waals surface area contributed by atoms with Crippen molar-refractivity contribution in [3.05, 3.63) is 17.5 Å². The molecular formula is C22H34N6O5. The van der Waals surface area contributed by atoms with E-state index in [9.17, 15) is 24.4 Å². The maximum absolute atomic E-state index is 13.3. The van der Waals surface area contributed by atoms with Gasteiger partial charge in [0, 0.05) is 31.4 Å². The van der Waals surface area contributed by atoms with Crippen LogP contribution in [0.15, 0.2) is 6.20 Å². The van der Waals surface area contributed by atoms with E-state index in [0.29, 0.717) is 36.8 Å². The van der Waals surface area contributed by atoms with Crippen LogP contribution in [0, 0.1) is 18.8 Å². The number of hydroxylamine groups is 2. The first-order valence-electron chi connectivity index (χ1n) is 11.6. The zero-order valence-corrected chi connectivity index (χ0v) is 19.3. The molecule has 11 nitrogen and oxygen atoms in total. The standard InChI is InChI=1S/C22H34N6O5/c1-15-18(12-24-26(15)2)11-23-22(32)25-20(30)19-8-5-9-28(19)21(31)17(13-27(33)14-29)10-16-6-3-4-7-16/h12,14,16-17,19,33H,3-11,13H2,1-2H3,(H2,23,25,30,32)/t17-,19+/m1/s1. The van der Waals surface area contributed by atoms with Crippen molar-refractivity contribution in [3.8, 4) is 0 Å². The Bertz CT molecular complexity index is 865. The molecule has 0 aromatic carbocycles. The van der Waals surface area contributed by atoms with Gasteiger partial charge in [-0.2, -0.15) is 5.10 Å². The predicted molar refractivity (Wildman–Crippen MR) is 118 cm³/mol. The normalized spacial score (nSPS) is 19.4. The number of urea groups is 1. The van der Waals surface area contributed by atoms with Gasteiger partial charge in [0.25, 0.3) is 5.91 Å². The number of aromatic nitrogens is 2. The van der Waals surface area contributed by atoms with Crippen molar-refractivity contribution < 1.29 is 24.4 Å². The summed E-state index contributed by atoms with van der Waals surface area (Å²) in [5.41, 5.74) is 1.76. The fourth-order valence-electron chi connectivity index (χ4n) is 4.84. The summed E-state index contributed by atoms with van der Waals surface area (Å²) in [6, 6.07) is -1.38. The fourth-order valence-corrected chi connectivity index (χ4v) is 4.84. The van der Waals surface area contributed by atoms with Gasteiger partial charge in [0.2, 0.25) is 12.3 Å². The highest BCUT2D eigenvalue weighted by molar-refractivity contribution is 5.99. The minimum absolute atomic E-state index is 0.103. The van der Waals surface area contributed by atoms with Crippen molar-refractivity contribution in [3.63, 3.8) is 0 Å². The van der Waals surface area contributed by atoms with E-state index in [0.717, 1.165) is 36.9 Å². The molecule has 1 aliphatic carbocycles. The molecule has 1 aromatic heterocycles. The molecule has 182 valence electrons. The molecule has 1 aromatic rings. The first kappa shape index (κ1) is 24.7. The van der Waals surface area contributed by atoms with E-state index in [-0.39, 0.29) is 25.4 Å². The van der Waals surface area contributed by atoms with Crippen LogP contribution in [0.1, 0.15) is 56.2 Å². The number of hydrogen-bond donors (Lipinski definition) is 3. The molecule has 2 aliphatic rings. The van der Waals surface area contributed by atoms with Crippen molar-refractivity contribution in [2.24, 2.45) is 18.9 Å². The van der Waals surface area contributed by atoms with Gasteiger partial charge in [-0.1, -0.05) is 25.7 Å². The molecule has 2 heterocycles. The van der Waals surface area contributed by atoms with Crippen LogP contribution in [0.25, 0.3) is 0 Å². The Labute approximate surface area is 193 Å². The largest absolute Gasteiger partial charge is 0.334 e. The molecule has 1 saturated carbocycles. The Morgan fingerprint density at radius 2 is 2.00 bits per heavy atom. The molecule has 1 aliphatic heterocycles. The highest BCUT2D eigenvalue weighted by Gasteiger charge is 2.39. The first-order valence-corrected chi connectivity index (χ1v) is 11.6. The second-order valence-corrected chi connectivity index (χ2v) is 9.05. The Kier molecular flexibility index (Phi) is 8.43. The number of imide groups is 1. The molecule has 3 rings (SSSR count). The molecule has 0 unspecified atom stereocenters. The number of carbonyl (C=O) groups is 4. The third-order valence-corrected chi connectivity index (χ3v) is 6.82. The average Bonchev–Trinajstić information content (AvgIpc) is 3.54. The van der Waals surface area contributed by atoms with Crippen molar-refractivity contribution in [1.82, 2.24) is 30.4 Å². The number of hydrogen-bond acceptors (Lipinski definition) is 6. The number of nitrogens with zero attached hydrogens (tertiary/aromatic N) is 4. The monoisotopic (exact) mass is 462 g/mol. The Balaban J connectivity index is 1.59. The highest BCUT2D eigenvalue weighted by atomic mass is 16.5. The van der Waals surface area contributed by atoms with E-state index in [1.54, 1.807) is 17.9 Å². The minimum atomic E-state index is -0.752. The van der Waals surface area contributed by atoms with Gasteiger partial charge in [0.05, 0.1) is 18.7 Å².